The minimum absolute atomic E-state index is 0.0268. The SMILES string of the molecule is C[C@H]1C[C@H](Nc2ccccc2)n2c(=O)c3ccccc3c(=O)n21. The summed E-state index contributed by atoms with van der Waals surface area (Å²) in [5, 5.41) is 4.33. The van der Waals surface area contributed by atoms with Crippen LogP contribution in [0.5, 0.6) is 0 Å². The molecule has 1 aromatic heterocycles. The van der Waals surface area contributed by atoms with Crippen LogP contribution in [-0.2, 0) is 0 Å². The predicted octanol–water partition coefficient (Wildman–Crippen LogP) is 2.74. The lowest BCUT2D eigenvalue weighted by molar-refractivity contribution is 0.476. The fourth-order valence-electron chi connectivity index (χ4n) is 3.37. The molecule has 0 saturated heterocycles. The average Bonchev–Trinajstić information content (AvgIpc) is 2.90. The summed E-state index contributed by atoms with van der Waals surface area (Å²) in [6, 6.07) is 16.7. The van der Waals surface area contributed by atoms with E-state index >= 15 is 0 Å². The number of anilines is 1. The van der Waals surface area contributed by atoms with Gasteiger partial charge in [0, 0.05) is 12.1 Å². The Kier molecular flexibility index (Phi) is 3.08. The zero-order valence-electron chi connectivity index (χ0n) is 12.8. The molecule has 2 atom stereocenters. The van der Waals surface area contributed by atoms with Crippen molar-refractivity contribution in [2.24, 2.45) is 0 Å². The Balaban J connectivity index is 1.92. The van der Waals surface area contributed by atoms with Crippen LogP contribution >= 0.6 is 0 Å². The topological polar surface area (TPSA) is 56.0 Å². The third-order valence-corrected chi connectivity index (χ3v) is 4.42. The van der Waals surface area contributed by atoms with Crippen molar-refractivity contribution < 1.29 is 0 Å². The number of fused-ring (bicyclic) bond motifs is 2. The van der Waals surface area contributed by atoms with Gasteiger partial charge in [0.15, 0.2) is 0 Å². The van der Waals surface area contributed by atoms with Gasteiger partial charge in [-0.15, -0.1) is 0 Å². The lowest BCUT2D eigenvalue weighted by atomic mass is 10.2. The molecular formula is C18H17N3O2. The third kappa shape index (κ3) is 2.08. The zero-order valence-corrected chi connectivity index (χ0v) is 12.8. The Morgan fingerprint density at radius 3 is 2.09 bits per heavy atom. The van der Waals surface area contributed by atoms with Gasteiger partial charge < -0.3 is 5.32 Å². The molecule has 0 fully saturated rings. The number of nitrogens with zero attached hydrogens (tertiary/aromatic N) is 2. The summed E-state index contributed by atoms with van der Waals surface area (Å²) in [5.74, 6) is 0. The van der Waals surface area contributed by atoms with E-state index in [1.807, 2.05) is 37.3 Å². The molecule has 1 N–H and O–H groups in total. The molecule has 0 aliphatic carbocycles. The van der Waals surface area contributed by atoms with Crippen LogP contribution in [-0.4, -0.2) is 9.36 Å². The first-order valence-corrected chi connectivity index (χ1v) is 7.74. The Morgan fingerprint density at radius 2 is 1.43 bits per heavy atom. The maximum atomic E-state index is 12.9. The van der Waals surface area contributed by atoms with Gasteiger partial charge in [-0.05, 0) is 31.2 Å². The summed E-state index contributed by atoms with van der Waals surface area (Å²) in [5.41, 5.74) is 0.703. The predicted molar refractivity (Wildman–Crippen MR) is 90.9 cm³/mol. The minimum Gasteiger partial charge on any atom is -0.364 e. The van der Waals surface area contributed by atoms with E-state index in [1.54, 1.807) is 33.6 Å². The van der Waals surface area contributed by atoms with Gasteiger partial charge in [0.05, 0.1) is 16.8 Å². The maximum Gasteiger partial charge on any atom is 0.275 e. The highest BCUT2D eigenvalue weighted by molar-refractivity contribution is 5.80. The summed E-state index contributed by atoms with van der Waals surface area (Å²) in [4.78, 5) is 25.6. The molecule has 2 heterocycles. The summed E-state index contributed by atoms with van der Waals surface area (Å²) in [6.45, 7) is 1.97. The molecule has 4 rings (SSSR count). The monoisotopic (exact) mass is 307 g/mol. The first-order valence-electron chi connectivity index (χ1n) is 7.74. The molecule has 0 bridgehead atoms. The van der Waals surface area contributed by atoms with E-state index < -0.39 is 0 Å². The van der Waals surface area contributed by atoms with Gasteiger partial charge in [0.2, 0.25) is 0 Å². The largest absolute Gasteiger partial charge is 0.364 e. The molecule has 5 heteroatoms. The molecule has 0 saturated carbocycles. The van der Waals surface area contributed by atoms with Gasteiger partial charge in [0.1, 0.15) is 6.17 Å². The molecular weight excluding hydrogens is 290 g/mol. The van der Waals surface area contributed by atoms with E-state index in [0.29, 0.717) is 17.2 Å². The second kappa shape index (κ2) is 5.12. The molecule has 116 valence electrons. The molecule has 0 amide bonds. The van der Waals surface area contributed by atoms with E-state index in [0.717, 1.165) is 5.69 Å². The van der Waals surface area contributed by atoms with Gasteiger partial charge in [-0.2, -0.15) is 0 Å². The molecule has 1 aliphatic rings. The van der Waals surface area contributed by atoms with Gasteiger partial charge in [0.25, 0.3) is 11.1 Å². The highest BCUT2D eigenvalue weighted by Crippen LogP contribution is 2.28. The Morgan fingerprint density at radius 1 is 0.870 bits per heavy atom. The number of hydrogen-bond acceptors (Lipinski definition) is 3. The first-order chi connectivity index (χ1) is 11.2. The van der Waals surface area contributed by atoms with Crippen LogP contribution < -0.4 is 16.4 Å². The van der Waals surface area contributed by atoms with Gasteiger partial charge in [-0.1, -0.05) is 30.3 Å². The maximum absolute atomic E-state index is 12.9. The van der Waals surface area contributed by atoms with Crippen molar-refractivity contribution in [2.45, 2.75) is 25.6 Å². The van der Waals surface area contributed by atoms with Gasteiger partial charge in [-0.3, -0.25) is 9.59 Å². The molecule has 0 spiro atoms. The van der Waals surface area contributed by atoms with Crippen LogP contribution in [0.4, 0.5) is 5.69 Å². The normalized spacial score (nSPS) is 19.7. The van der Waals surface area contributed by atoms with Crippen LogP contribution in [0, 0.1) is 0 Å². The smallest absolute Gasteiger partial charge is 0.275 e. The van der Waals surface area contributed by atoms with Crippen LogP contribution in [0.15, 0.2) is 64.2 Å². The summed E-state index contributed by atoms with van der Waals surface area (Å²) >= 11 is 0. The second-order valence-corrected chi connectivity index (χ2v) is 5.96. The van der Waals surface area contributed by atoms with E-state index in [2.05, 4.69) is 5.32 Å². The molecule has 23 heavy (non-hydrogen) atoms. The van der Waals surface area contributed by atoms with Crippen molar-refractivity contribution >= 4 is 16.5 Å². The number of hydrogen-bond donors (Lipinski definition) is 1. The van der Waals surface area contributed by atoms with Crippen molar-refractivity contribution in [2.75, 3.05) is 5.32 Å². The number of para-hydroxylation sites is 1. The number of aromatic nitrogens is 2. The van der Waals surface area contributed by atoms with Crippen molar-refractivity contribution in [3.63, 3.8) is 0 Å². The van der Waals surface area contributed by atoms with Crippen molar-refractivity contribution in [1.82, 2.24) is 9.36 Å². The fourth-order valence-corrected chi connectivity index (χ4v) is 3.37. The summed E-state index contributed by atoms with van der Waals surface area (Å²) in [7, 11) is 0. The Labute approximate surface area is 132 Å². The second-order valence-electron chi connectivity index (χ2n) is 5.96. The summed E-state index contributed by atoms with van der Waals surface area (Å²) < 4.78 is 3.16. The van der Waals surface area contributed by atoms with Crippen molar-refractivity contribution in [3.8, 4) is 0 Å². The van der Waals surface area contributed by atoms with E-state index in [1.165, 1.54) is 0 Å². The first kappa shape index (κ1) is 13.8. The lowest BCUT2D eigenvalue weighted by Gasteiger charge is -2.17. The molecule has 0 radical (unpaired) electrons. The number of benzene rings is 2. The highest BCUT2D eigenvalue weighted by Gasteiger charge is 2.30. The molecule has 3 aromatic rings. The van der Waals surface area contributed by atoms with Crippen LogP contribution in [0.2, 0.25) is 0 Å². The van der Waals surface area contributed by atoms with Crippen LogP contribution in [0.25, 0.3) is 10.8 Å². The van der Waals surface area contributed by atoms with Crippen LogP contribution in [0.3, 0.4) is 0 Å². The van der Waals surface area contributed by atoms with E-state index in [4.69, 9.17) is 0 Å². The standard InChI is InChI=1S/C18H17N3O2/c1-12-11-16(19-13-7-3-2-4-8-13)21-18(23)15-10-6-5-9-14(15)17(22)20(12)21/h2-10,12,16,19H,11H2,1H3/t12-,16+/m0/s1. The lowest BCUT2D eigenvalue weighted by Crippen LogP contribution is -2.38. The van der Waals surface area contributed by atoms with Gasteiger partial charge in [-0.25, -0.2) is 9.36 Å². The molecule has 0 unspecified atom stereocenters. The Hall–Kier alpha value is -2.82. The van der Waals surface area contributed by atoms with Crippen molar-refractivity contribution in [3.05, 3.63) is 75.3 Å². The zero-order chi connectivity index (χ0) is 16.0. The van der Waals surface area contributed by atoms with Gasteiger partial charge >= 0.3 is 0 Å². The molecule has 2 aromatic carbocycles. The minimum atomic E-state index is -0.225. The third-order valence-electron chi connectivity index (χ3n) is 4.42. The van der Waals surface area contributed by atoms with Crippen LogP contribution in [0.1, 0.15) is 25.6 Å². The fraction of sp³-hybridized carbons (Fsp3) is 0.222. The Bertz CT molecular complexity index is 989. The number of rotatable bonds is 2. The quantitative estimate of drug-likeness (QED) is 0.792. The molecule has 5 nitrogen and oxygen atoms in total. The highest BCUT2D eigenvalue weighted by atomic mass is 16.2. The summed E-state index contributed by atoms with van der Waals surface area (Å²) in [6.07, 6.45) is 0.470. The van der Waals surface area contributed by atoms with Crippen molar-refractivity contribution in [1.29, 1.82) is 0 Å². The average molecular weight is 307 g/mol. The molecule has 1 aliphatic heterocycles. The number of nitrogens with one attached hydrogen (secondary N) is 1. The van der Waals surface area contributed by atoms with E-state index in [-0.39, 0.29) is 23.3 Å². The van der Waals surface area contributed by atoms with E-state index in [9.17, 15) is 9.59 Å².